The Hall–Kier alpha value is -2.36. The molecular weight excluding hydrogens is 238 g/mol. The molecule has 0 aliphatic carbocycles. The molecule has 4 nitrogen and oxygen atoms in total. The number of benzene rings is 1. The average Bonchev–Trinajstić information content (AvgIpc) is 2.38. The SMILES string of the molecule is Cc1ccc(OCc2ccnc(C(=N)N)c2)c(C)c1. The van der Waals surface area contributed by atoms with Crippen LogP contribution in [0.3, 0.4) is 0 Å². The summed E-state index contributed by atoms with van der Waals surface area (Å²) in [5.41, 5.74) is 9.16. The molecule has 2 rings (SSSR count). The Bertz CT molecular complexity index is 608. The molecule has 0 saturated carbocycles. The van der Waals surface area contributed by atoms with Gasteiger partial charge in [0.25, 0.3) is 0 Å². The van der Waals surface area contributed by atoms with Crippen LogP contribution in [0.5, 0.6) is 5.75 Å². The highest BCUT2D eigenvalue weighted by Gasteiger charge is 2.03. The number of amidine groups is 1. The Kier molecular flexibility index (Phi) is 3.80. The monoisotopic (exact) mass is 255 g/mol. The summed E-state index contributed by atoms with van der Waals surface area (Å²) in [7, 11) is 0. The highest BCUT2D eigenvalue weighted by Crippen LogP contribution is 2.20. The van der Waals surface area contributed by atoms with E-state index in [0.29, 0.717) is 12.3 Å². The molecule has 0 aliphatic heterocycles. The second-order valence-electron chi connectivity index (χ2n) is 4.52. The quantitative estimate of drug-likeness (QED) is 0.651. The molecule has 0 amide bonds. The zero-order valence-electron chi connectivity index (χ0n) is 11.1. The average molecular weight is 255 g/mol. The van der Waals surface area contributed by atoms with Crippen molar-refractivity contribution in [3.8, 4) is 5.75 Å². The third kappa shape index (κ3) is 3.31. The molecule has 2 aromatic rings. The van der Waals surface area contributed by atoms with Gasteiger partial charge in [-0.3, -0.25) is 10.4 Å². The van der Waals surface area contributed by atoms with Crippen molar-refractivity contribution in [3.63, 3.8) is 0 Å². The summed E-state index contributed by atoms with van der Waals surface area (Å²) in [6.07, 6.45) is 1.64. The minimum absolute atomic E-state index is 0.0339. The predicted molar refractivity (Wildman–Crippen MR) is 75.5 cm³/mol. The molecule has 0 fully saturated rings. The number of hydrogen-bond acceptors (Lipinski definition) is 3. The number of nitrogens with one attached hydrogen (secondary N) is 1. The first-order valence-electron chi connectivity index (χ1n) is 6.05. The molecule has 0 saturated heterocycles. The van der Waals surface area contributed by atoms with Crippen molar-refractivity contribution in [3.05, 3.63) is 58.9 Å². The summed E-state index contributed by atoms with van der Waals surface area (Å²) in [5, 5.41) is 7.36. The fourth-order valence-electron chi connectivity index (χ4n) is 1.83. The van der Waals surface area contributed by atoms with E-state index in [0.717, 1.165) is 16.9 Å². The summed E-state index contributed by atoms with van der Waals surface area (Å²) < 4.78 is 5.77. The standard InChI is InChI=1S/C15H17N3O/c1-10-3-4-14(11(2)7-10)19-9-12-5-6-18-13(8-12)15(16)17/h3-8H,9H2,1-2H3,(H3,16,17). The molecule has 4 heteroatoms. The summed E-state index contributed by atoms with van der Waals surface area (Å²) in [6, 6.07) is 9.71. The second-order valence-corrected chi connectivity index (χ2v) is 4.52. The number of nitrogen functional groups attached to an aromatic ring is 1. The van der Waals surface area contributed by atoms with Crippen LogP contribution in [-0.4, -0.2) is 10.8 Å². The molecule has 0 bridgehead atoms. The summed E-state index contributed by atoms with van der Waals surface area (Å²) in [6.45, 7) is 4.52. The van der Waals surface area contributed by atoms with Gasteiger partial charge in [-0.15, -0.1) is 0 Å². The number of hydrogen-bond donors (Lipinski definition) is 2. The van der Waals surface area contributed by atoms with Gasteiger partial charge in [-0.25, -0.2) is 0 Å². The second kappa shape index (κ2) is 5.52. The molecule has 0 radical (unpaired) electrons. The van der Waals surface area contributed by atoms with Crippen molar-refractivity contribution in [2.75, 3.05) is 0 Å². The van der Waals surface area contributed by atoms with Crippen molar-refractivity contribution >= 4 is 5.84 Å². The van der Waals surface area contributed by atoms with E-state index >= 15 is 0 Å². The lowest BCUT2D eigenvalue weighted by Gasteiger charge is -2.10. The molecule has 0 spiro atoms. The van der Waals surface area contributed by atoms with Gasteiger partial charge >= 0.3 is 0 Å². The lowest BCUT2D eigenvalue weighted by atomic mass is 10.1. The van der Waals surface area contributed by atoms with Gasteiger partial charge in [0.05, 0.1) is 0 Å². The minimum atomic E-state index is -0.0339. The molecule has 1 aromatic heterocycles. The van der Waals surface area contributed by atoms with E-state index in [9.17, 15) is 0 Å². The van der Waals surface area contributed by atoms with Crippen LogP contribution < -0.4 is 10.5 Å². The molecule has 0 unspecified atom stereocenters. The number of aromatic nitrogens is 1. The Morgan fingerprint density at radius 3 is 2.74 bits per heavy atom. The van der Waals surface area contributed by atoms with Crippen LogP contribution in [-0.2, 0) is 6.61 Å². The van der Waals surface area contributed by atoms with Crippen molar-refractivity contribution in [2.45, 2.75) is 20.5 Å². The summed E-state index contributed by atoms with van der Waals surface area (Å²) >= 11 is 0. The van der Waals surface area contributed by atoms with Gasteiger partial charge in [-0.05, 0) is 43.2 Å². The van der Waals surface area contributed by atoms with Crippen molar-refractivity contribution in [1.29, 1.82) is 5.41 Å². The van der Waals surface area contributed by atoms with E-state index in [1.54, 1.807) is 12.3 Å². The molecule has 1 heterocycles. The van der Waals surface area contributed by atoms with Crippen LogP contribution in [0.4, 0.5) is 0 Å². The first kappa shape index (κ1) is 13.1. The number of ether oxygens (including phenoxy) is 1. The maximum Gasteiger partial charge on any atom is 0.141 e. The van der Waals surface area contributed by atoms with Crippen LogP contribution in [0.25, 0.3) is 0 Å². The van der Waals surface area contributed by atoms with E-state index in [4.69, 9.17) is 15.9 Å². The fraction of sp³-hybridized carbons (Fsp3) is 0.200. The van der Waals surface area contributed by atoms with Crippen LogP contribution in [0.1, 0.15) is 22.4 Å². The number of nitrogens with zero attached hydrogens (tertiary/aromatic N) is 1. The van der Waals surface area contributed by atoms with Gasteiger partial charge in [0.15, 0.2) is 0 Å². The van der Waals surface area contributed by atoms with Gasteiger partial charge < -0.3 is 10.5 Å². The van der Waals surface area contributed by atoms with Gasteiger partial charge in [0.2, 0.25) is 0 Å². The smallest absolute Gasteiger partial charge is 0.141 e. The van der Waals surface area contributed by atoms with Crippen molar-refractivity contribution < 1.29 is 4.74 Å². The van der Waals surface area contributed by atoms with Crippen molar-refractivity contribution in [1.82, 2.24) is 4.98 Å². The number of nitrogens with two attached hydrogens (primary N) is 1. The molecule has 1 aromatic carbocycles. The zero-order chi connectivity index (χ0) is 13.8. The predicted octanol–water partition coefficient (Wildman–Crippen LogP) is 2.56. The summed E-state index contributed by atoms with van der Waals surface area (Å²) in [4.78, 5) is 4.02. The largest absolute Gasteiger partial charge is 0.489 e. The third-order valence-corrected chi connectivity index (χ3v) is 2.83. The first-order valence-corrected chi connectivity index (χ1v) is 6.05. The van der Waals surface area contributed by atoms with Gasteiger partial charge in [-0.2, -0.15) is 0 Å². The number of rotatable bonds is 4. The summed E-state index contributed by atoms with van der Waals surface area (Å²) in [5.74, 6) is 0.833. The van der Waals surface area contributed by atoms with Gasteiger partial charge in [-0.1, -0.05) is 17.7 Å². The fourth-order valence-corrected chi connectivity index (χ4v) is 1.83. The van der Waals surface area contributed by atoms with Gasteiger partial charge in [0.1, 0.15) is 23.9 Å². The Balaban J connectivity index is 2.10. The normalized spacial score (nSPS) is 10.2. The van der Waals surface area contributed by atoms with Crippen LogP contribution in [0.15, 0.2) is 36.5 Å². The molecule has 0 aliphatic rings. The molecule has 98 valence electrons. The molecular formula is C15H17N3O. The van der Waals surface area contributed by atoms with Crippen LogP contribution >= 0.6 is 0 Å². The van der Waals surface area contributed by atoms with Crippen LogP contribution in [0, 0.1) is 19.3 Å². The van der Waals surface area contributed by atoms with E-state index in [2.05, 4.69) is 18.0 Å². The zero-order valence-corrected chi connectivity index (χ0v) is 11.1. The Morgan fingerprint density at radius 2 is 2.05 bits per heavy atom. The highest BCUT2D eigenvalue weighted by molar-refractivity contribution is 5.93. The van der Waals surface area contributed by atoms with E-state index < -0.39 is 0 Å². The Labute approximate surface area is 112 Å². The molecule has 3 N–H and O–H groups in total. The molecule has 0 atom stereocenters. The number of pyridine rings is 1. The van der Waals surface area contributed by atoms with E-state index in [1.165, 1.54) is 5.56 Å². The van der Waals surface area contributed by atoms with E-state index in [1.807, 2.05) is 25.1 Å². The lowest BCUT2D eigenvalue weighted by molar-refractivity contribution is 0.304. The minimum Gasteiger partial charge on any atom is -0.489 e. The Morgan fingerprint density at radius 1 is 1.26 bits per heavy atom. The van der Waals surface area contributed by atoms with E-state index in [-0.39, 0.29) is 5.84 Å². The van der Waals surface area contributed by atoms with Gasteiger partial charge in [0, 0.05) is 6.20 Å². The molecule has 19 heavy (non-hydrogen) atoms. The third-order valence-electron chi connectivity index (χ3n) is 2.83. The topological polar surface area (TPSA) is 72.0 Å². The number of aryl methyl sites for hydroxylation is 2. The van der Waals surface area contributed by atoms with Crippen LogP contribution in [0.2, 0.25) is 0 Å². The maximum atomic E-state index is 7.36. The highest BCUT2D eigenvalue weighted by atomic mass is 16.5. The first-order chi connectivity index (χ1) is 9.06. The maximum absolute atomic E-state index is 7.36. The lowest BCUT2D eigenvalue weighted by Crippen LogP contribution is -2.13. The van der Waals surface area contributed by atoms with Crippen molar-refractivity contribution in [2.24, 2.45) is 5.73 Å².